The molecular formula is C16H22N4O2. The largest absolute Gasteiger partial charge is 0.354 e. The second kappa shape index (κ2) is 6.60. The van der Waals surface area contributed by atoms with Crippen LogP contribution in [-0.4, -0.2) is 34.9 Å². The molecule has 0 atom stereocenters. The van der Waals surface area contributed by atoms with Crippen LogP contribution < -0.4 is 10.6 Å². The van der Waals surface area contributed by atoms with Crippen LogP contribution in [0.4, 0.5) is 0 Å². The lowest BCUT2D eigenvalue weighted by Gasteiger charge is -2.17. The predicted octanol–water partition coefficient (Wildman–Crippen LogP) is 1.38. The molecule has 0 saturated heterocycles. The van der Waals surface area contributed by atoms with Crippen molar-refractivity contribution in [1.29, 1.82) is 0 Å². The topological polar surface area (TPSA) is 86.9 Å². The van der Waals surface area contributed by atoms with E-state index in [1.807, 2.05) is 45.0 Å². The van der Waals surface area contributed by atoms with Crippen molar-refractivity contribution >= 4 is 22.8 Å². The van der Waals surface area contributed by atoms with Crippen LogP contribution in [0.15, 0.2) is 24.3 Å². The first kappa shape index (κ1) is 16.0. The van der Waals surface area contributed by atoms with Gasteiger partial charge in [-0.15, -0.1) is 0 Å². The quantitative estimate of drug-likeness (QED) is 0.780. The van der Waals surface area contributed by atoms with Crippen LogP contribution in [0.1, 0.15) is 26.6 Å². The number of hydrogen-bond acceptors (Lipinski definition) is 3. The van der Waals surface area contributed by atoms with Gasteiger partial charge in [0.05, 0.1) is 17.6 Å². The highest BCUT2D eigenvalue weighted by Crippen LogP contribution is 2.12. The van der Waals surface area contributed by atoms with Crippen molar-refractivity contribution in [2.24, 2.45) is 5.41 Å². The van der Waals surface area contributed by atoms with Crippen LogP contribution in [0.25, 0.3) is 11.0 Å². The average molecular weight is 302 g/mol. The van der Waals surface area contributed by atoms with Gasteiger partial charge in [-0.25, -0.2) is 4.98 Å². The molecule has 0 bridgehead atoms. The second-order valence-electron chi connectivity index (χ2n) is 6.23. The maximum absolute atomic E-state index is 11.7. The van der Waals surface area contributed by atoms with Gasteiger partial charge in [-0.05, 0) is 12.1 Å². The summed E-state index contributed by atoms with van der Waals surface area (Å²) in [4.78, 5) is 31.0. The molecule has 0 aliphatic carbocycles. The van der Waals surface area contributed by atoms with Crippen molar-refractivity contribution in [3.8, 4) is 0 Å². The highest BCUT2D eigenvalue weighted by atomic mass is 16.2. The van der Waals surface area contributed by atoms with E-state index >= 15 is 0 Å². The van der Waals surface area contributed by atoms with E-state index in [0.29, 0.717) is 13.0 Å². The fourth-order valence-electron chi connectivity index (χ4n) is 1.93. The molecule has 0 aliphatic rings. The fraction of sp³-hybridized carbons (Fsp3) is 0.438. The number of aromatic amines is 1. The Labute approximate surface area is 129 Å². The molecule has 3 N–H and O–H groups in total. The number of benzene rings is 1. The first-order chi connectivity index (χ1) is 10.4. The van der Waals surface area contributed by atoms with E-state index < -0.39 is 5.41 Å². The second-order valence-corrected chi connectivity index (χ2v) is 6.23. The number of nitrogens with one attached hydrogen (secondary N) is 3. The van der Waals surface area contributed by atoms with E-state index in [1.165, 1.54) is 0 Å². The zero-order valence-corrected chi connectivity index (χ0v) is 13.2. The van der Waals surface area contributed by atoms with Gasteiger partial charge in [0, 0.05) is 18.4 Å². The van der Waals surface area contributed by atoms with Crippen LogP contribution >= 0.6 is 0 Å². The molecule has 0 radical (unpaired) electrons. The standard InChI is InChI=1S/C16H22N4O2/c1-16(2,3)15(22)18-10-14(21)17-9-8-13-19-11-6-4-5-7-12(11)20-13/h4-7H,8-10H2,1-3H3,(H,17,21)(H,18,22)(H,19,20). The smallest absolute Gasteiger partial charge is 0.239 e. The SMILES string of the molecule is CC(C)(C)C(=O)NCC(=O)NCCc1nc2ccccc2[nH]1. The molecule has 1 aromatic carbocycles. The zero-order valence-electron chi connectivity index (χ0n) is 13.2. The summed E-state index contributed by atoms with van der Waals surface area (Å²) in [5, 5.41) is 5.39. The van der Waals surface area contributed by atoms with Gasteiger partial charge in [0.15, 0.2) is 0 Å². The number of nitrogens with zero attached hydrogens (tertiary/aromatic N) is 1. The summed E-state index contributed by atoms with van der Waals surface area (Å²) in [5.74, 6) is 0.494. The van der Waals surface area contributed by atoms with Gasteiger partial charge in [-0.1, -0.05) is 32.9 Å². The number of H-pyrrole nitrogens is 1. The molecular weight excluding hydrogens is 280 g/mol. The molecule has 0 spiro atoms. The van der Waals surface area contributed by atoms with Crippen molar-refractivity contribution in [2.45, 2.75) is 27.2 Å². The monoisotopic (exact) mass is 302 g/mol. The van der Waals surface area contributed by atoms with Gasteiger partial charge >= 0.3 is 0 Å². The summed E-state index contributed by atoms with van der Waals surface area (Å²) >= 11 is 0. The lowest BCUT2D eigenvalue weighted by atomic mass is 9.96. The Morgan fingerprint density at radius 2 is 1.91 bits per heavy atom. The Morgan fingerprint density at radius 1 is 1.18 bits per heavy atom. The minimum absolute atomic E-state index is 0.00374. The van der Waals surface area contributed by atoms with Gasteiger partial charge in [0.25, 0.3) is 0 Å². The van der Waals surface area contributed by atoms with Crippen molar-refractivity contribution < 1.29 is 9.59 Å². The number of amides is 2. The Balaban J connectivity index is 1.74. The summed E-state index contributed by atoms with van der Waals surface area (Å²) in [6, 6.07) is 7.79. The molecule has 118 valence electrons. The number of carbonyl (C=O) groups is 2. The summed E-state index contributed by atoms with van der Waals surface area (Å²) in [6.45, 7) is 5.89. The van der Waals surface area contributed by atoms with E-state index in [-0.39, 0.29) is 18.4 Å². The number of rotatable bonds is 5. The molecule has 22 heavy (non-hydrogen) atoms. The molecule has 2 rings (SSSR count). The Kier molecular flexibility index (Phi) is 4.80. The number of imidazole rings is 1. The van der Waals surface area contributed by atoms with Crippen LogP contribution in [-0.2, 0) is 16.0 Å². The van der Waals surface area contributed by atoms with Gasteiger partial charge in [-0.2, -0.15) is 0 Å². The fourth-order valence-corrected chi connectivity index (χ4v) is 1.93. The molecule has 6 nitrogen and oxygen atoms in total. The third-order valence-corrected chi connectivity index (χ3v) is 3.21. The van der Waals surface area contributed by atoms with Gasteiger partial charge < -0.3 is 15.6 Å². The first-order valence-corrected chi connectivity index (χ1v) is 7.35. The van der Waals surface area contributed by atoms with E-state index in [4.69, 9.17) is 0 Å². The van der Waals surface area contributed by atoms with E-state index in [2.05, 4.69) is 20.6 Å². The Bertz CT molecular complexity index is 637. The third kappa shape index (κ3) is 4.31. The molecule has 1 aromatic heterocycles. The first-order valence-electron chi connectivity index (χ1n) is 7.35. The maximum atomic E-state index is 11.7. The average Bonchev–Trinajstić information content (AvgIpc) is 2.86. The third-order valence-electron chi connectivity index (χ3n) is 3.21. The zero-order chi connectivity index (χ0) is 16.2. The molecule has 6 heteroatoms. The number of hydrogen-bond donors (Lipinski definition) is 3. The lowest BCUT2D eigenvalue weighted by Crippen LogP contribution is -2.42. The van der Waals surface area contributed by atoms with Gasteiger partial charge in [-0.3, -0.25) is 9.59 Å². The van der Waals surface area contributed by atoms with Crippen molar-refractivity contribution in [3.63, 3.8) is 0 Å². The van der Waals surface area contributed by atoms with Gasteiger partial charge in [0.1, 0.15) is 5.82 Å². The summed E-state index contributed by atoms with van der Waals surface area (Å²) in [5.41, 5.74) is 1.41. The normalized spacial score (nSPS) is 11.4. The number of fused-ring (bicyclic) bond motifs is 1. The minimum Gasteiger partial charge on any atom is -0.354 e. The number of para-hydroxylation sites is 2. The molecule has 0 unspecified atom stereocenters. The van der Waals surface area contributed by atoms with Crippen LogP contribution in [0, 0.1) is 5.41 Å². The molecule has 0 aliphatic heterocycles. The summed E-state index contributed by atoms with van der Waals surface area (Å²) < 4.78 is 0. The van der Waals surface area contributed by atoms with E-state index in [1.54, 1.807) is 0 Å². The van der Waals surface area contributed by atoms with Crippen molar-refractivity contribution in [3.05, 3.63) is 30.1 Å². The van der Waals surface area contributed by atoms with Crippen LogP contribution in [0.2, 0.25) is 0 Å². The van der Waals surface area contributed by atoms with Crippen molar-refractivity contribution in [1.82, 2.24) is 20.6 Å². The maximum Gasteiger partial charge on any atom is 0.239 e. The minimum atomic E-state index is -0.492. The number of carbonyl (C=O) groups excluding carboxylic acids is 2. The van der Waals surface area contributed by atoms with E-state index in [0.717, 1.165) is 16.9 Å². The van der Waals surface area contributed by atoms with Crippen molar-refractivity contribution in [2.75, 3.05) is 13.1 Å². The van der Waals surface area contributed by atoms with Crippen LogP contribution in [0.3, 0.4) is 0 Å². The molecule has 2 aromatic rings. The highest BCUT2D eigenvalue weighted by molar-refractivity contribution is 5.87. The molecule has 2 amide bonds. The van der Waals surface area contributed by atoms with Crippen LogP contribution in [0.5, 0.6) is 0 Å². The highest BCUT2D eigenvalue weighted by Gasteiger charge is 2.21. The summed E-state index contributed by atoms with van der Waals surface area (Å²) in [7, 11) is 0. The van der Waals surface area contributed by atoms with E-state index in [9.17, 15) is 9.59 Å². The molecule has 1 heterocycles. The Morgan fingerprint density at radius 3 is 2.59 bits per heavy atom. The molecule has 0 fully saturated rings. The predicted molar refractivity (Wildman–Crippen MR) is 85.3 cm³/mol. The Hall–Kier alpha value is -2.37. The van der Waals surface area contributed by atoms with Gasteiger partial charge in [0.2, 0.25) is 11.8 Å². The summed E-state index contributed by atoms with van der Waals surface area (Å²) in [6.07, 6.45) is 0.619. The molecule has 0 saturated carbocycles. The number of aromatic nitrogens is 2. The lowest BCUT2D eigenvalue weighted by molar-refractivity contribution is -0.131.